The fourth-order valence-electron chi connectivity index (χ4n) is 2.81. The first-order chi connectivity index (χ1) is 12.2. The normalized spacial score (nSPS) is 17.9. The fraction of sp³-hybridized carbons (Fsp3) is 0.400. The van der Waals surface area contributed by atoms with Crippen molar-refractivity contribution in [2.24, 2.45) is 7.05 Å². The molecule has 0 amide bonds. The van der Waals surface area contributed by atoms with E-state index in [1.165, 1.54) is 37.8 Å². The molecular weight excluding hydrogens is 400 g/mol. The Hall–Kier alpha value is -1.46. The zero-order valence-electron chi connectivity index (χ0n) is 14.1. The summed E-state index contributed by atoms with van der Waals surface area (Å²) in [6, 6.07) is 6.06. The van der Waals surface area contributed by atoms with Gasteiger partial charge in [-0.05, 0) is 24.6 Å². The number of hydrogen-bond donors (Lipinski definition) is 0. The lowest BCUT2D eigenvalue weighted by atomic mass is 10.4. The van der Waals surface area contributed by atoms with E-state index >= 15 is 0 Å². The van der Waals surface area contributed by atoms with Gasteiger partial charge in [0, 0.05) is 44.4 Å². The van der Waals surface area contributed by atoms with E-state index in [2.05, 4.69) is 5.10 Å². The van der Waals surface area contributed by atoms with Gasteiger partial charge in [-0.2, -0.15) is 13.7 Å². The fourth-order valence-corrected chi connectivity index (χ4v) is 6.04. The van der Waals surface area contributed by atoms with Crippen molar-refractivity contribution in [2.75, 3.05) is 26.2 Å². The number of hydrogen-bond acceptors (Lipinski definition) is 5. The van der Waals surface area contributed by atoms with E-state index in [0.717, 1.165) is 0 Å². The van der Waals surface area contributed by atoms with Crippen LogP contribution in [0.1, 0.15) is 6.42 Å². The molecule has 0 saturated carbocycles. The Morgan fingerprint density at radius 2 is 1.58 bits per heavy atom. The molecule has 1 aromatic heterocycles. The van der Waals surface area contributed by atoms with E-state index in [9.17, 15) is 16.8 Å². The highest BCUT2D eigenvalue weighted by Gasteiger charge is 2.32. The monoisotopic (exact) mass is 418 g/mol. The second-order valence-corrected chi connectivity index (χ2v) is 10.3. The minimum absolute atomic E-state index is 0.0777. The average molecular weight is 419 g/mol. The van der Waals surface area contributed by atoms with Gasteiger partial charge in [0.2, 0.25) is 20.0 Å². The molecule has 0 spiro atoms. The van der Waals surface area contributed by atoms with E-state index in [0.29, 0.717) is 11.4 Å². The molecule has 1 aliphatic heterocycles. The Balaban J connectivity index is 1.80. The third-order valence-electron chi connectivity index (χ3n) is 4.17. The van der Waals surface area contributed by atoms with Gasteiger partial charge >= 0.3 is 0 Å². The molecule has 1 saturated heterocycles. The van der Waals surface area contributed by atoms with Crippen LogP contribution in [-0.2, 0) is 27.1 Å². The average Bonchev–Trinajstić information content (AvgIpc) is 2.87. The number of aromatic nitrogens is 2. The van der Waals surface area contributed by atoms with Crippen LogP contribution in [0.2, 0.25) is 5.02 Å². The van der Waals surface area contributed by atoms with Gasteiger partial charge in [0.1, 0.15) is 4.90 Å². The summed E-state index contributed by atoms with van der Waals surface area (Å²) in [5, 5.41) is 4.23. The van der Waals surface area contributed by atoms with Crippen molar-refractivity contribution in [2.45, 2.75) is 16.2 Å². The SMILES string of the molecule is Cn1cc(S(=O)(=O)N2CCCN(S(=O)(=O)c3cccc(Cl)c3)CC2)cn1. The second kappa shape index (κ2) is 7.28. The summed E-state index contributed by atoms with van der Waals surface area (Å²) in [6.07, 6.45) is 3.13. The van der Waals surface area contributed by atoms with Crippen LogP contribution in [0.5, 0.6) is 0 Å². The van der Waals surface area contributed by atoms with Crippen molar-refractivity contribution in [3.05, 3.63) is 41.7 Å². The lowest BCUT2D eigenvalue weighted by molar-refractivity contribution is 0.404. The summed E-state index contributed by atoms with van der Waals surface area (Å²) in [6.45, 7) is 0.651. The van der Waals surface area contributed by atoms with Crippen LogP contribution in [-0.4, -0.2) is 61.4 Å². The Morgan fingerprint density at radius 1 is 0.962 bits per heavy atom. The highest BCUT2D eigenvalue weighted by atomic mass is 35.5. The molecule has 2 aromatic rings. The first-order valence-corrected chi connectivity index (χ1v) is 11.2. The van der Waals surface area contributed by atoms with E-state index in [1.807, 2.05) is 0 Å². The summed E-state index contributed by atoms with van der Waals surface area (Å²) in [5.41, 5.74) is 0. The van der Waals surface area contributed by atoms with Crippen LogP contribution in [0.3, 0.4) is 0 Å². The third-order valence-corrected chi connectivity index (χ3v) is 8.15. The number of nitrogens with zero attached hydrogens (tertiary/aromatic N) is 4. The summed E-state index contributed by atoms with van der Waals surface area (Å²) in [4.78, 5) is 0.208. The quantitative estimate of drug-likeness (QED) is 0.742. The van der Waals surface area contributed by atoms with Crippen LogP contribution >= 0.6 is 11.6 Å². The maximum Gasteiger partial charge on any atom is 0.246 e. The Kier molecular flexibility index (Phi) is 5.40. The molecule has 0 unspecified atom stereocenters. The molecule has 3 rings (SSSR count). The van der Waals surface area contributed by atoms with Crippen molar-refractivity contribution in [1.29, 1.82) is 0 Å². The molecule has 0 aliphatic carbocycles. The second-order valence-electron chi connectivity index (χ2n) is 5.97. The number of halogens is 1. The Labute approximate surface area is 158 Å². The molecule has 142 valence electrons. The lowest BCUT2D eigenvalue weighted by Gasteiger charge is -2.21. The number of aryl methyl sites for hydroxylation is 1. The molecule has 11 heteroatoms. The number of rotatable bonds is 4. The molecule has 2 heterocycles. The largest absolute Gasteiger partial charge is 0.274 e. The molecular formula is C15H19ClN4O4S2. The van der Waals surface area contributed by atoms with Crippen molar-refractivity contribution < 1.29 is 16.8 Å². The molecule has 0 radical (unpaired) electrons. The van der Waals surface area contributed by atoms with E-state index < -0.39 is 20.0 Å². The van der Waals surface area contributed by atoms with Gasteiger partial charge in [-0.3, -0.25) is 4.68 Å². The van der Waals surface area contributed by atoms with E-state index in [1.54, 1.807) is 19.2 Å². The Bertz CT molecular complexity index is 1000. The lowest BCUT2D eigenvalue weighted by Crippen LogP contribution is -2.37. The molecule has 0 atom stereocenters. The van der Waals surface area contributed by atoms with Gasteiger partial charge in [0.05, 0.1) is 11.1 Å². The smallest absolute Gasteiger partial charge is 0.246 e. The molecule has 8 nitrogen and oxygen atoms in total. The van der Waals surface area contributed by atoms with Crippen molar-refractivity contribution >= 4 is 31.6 Å². The molecule has 1 aromatic carbocycles. The van der Waals surface area contributed by atoms with Crippen molar-refractivity contribution in [3.8, 4) is 0 Å². The van der Waals surface area contributed by atoms with Gasteiger partial charge in [0.25, 0.3) is 0 Å². The minimum Gasteiger partial charge on any atom is -0.274 e. The predicted molar refractivity (Wildman–Crippen MR) is 96.8 cm³/mol. The first kappa shape index (κ1) is 19.3. The standard InChI is InChI=1S/C15H19ClN4O4S2/c1-18-12-15(11-17-18)26(23,24)20-7-3-6-19(8-9-20)25(21,22)14-5-2-4-13(16)10-14/h2,4-5,10-12H,3,6-9H2,1H3. The zero-order valence-corrected chi connectivity index (χ0v) is 16.5. The topological polar surface area (TPSA) is 92.6 Å². The highest BCUT2D eigenvalue weighted by Crippen LogP contribution is 2.23. The minimum atomic E-state index is -3.73. The number of sulfonamides is 2. The van der Waals surface area contributed by atoms with E-state index in [4.69, 9.17) is 11.6 Å². The van der Waals surface area contributed by atoms with Gasteiger partial charge in [0.15, 0.2) is 0 Å². The summed E-state index contributed by atoms with van der Waals surface area (Å²) in [5.74, 6) is 0. The molecule has 1 fully saturated rings. The maximum atomic E-state index is 12.8. The predicted octanol–water partition coefficient (Wildman–Crippen LogP) is 1.16. The van der Waals surface area contributed by atoms with Crippen LogP contribution in [0, 0.1) is 0 Å². The zero-order chi connectivity index (χ0) is 18.9. The maximum absolute atomic E-state index is 12.8. The molecule has 0 bridgehead atoms. The third kappa shape index (κ3) is 3.79. The first-order valence-electron chi connectivity index (χ1n) is 7.96. The van der Waals surface area contributed by atoms with Crippen molar-refractivity contribution in [3.63, 3.8) is 0 Å². The van der Waals surface area contributed by atoms with Crippen LogP contribution in [0.4, 0.5) is 0 Å². The van der Waals surface area contributed by atoms with Gasteiger partial charge in [-0.1, -0.05) is 17.7 Å². The van der Waals surface area contributed by atoms with E-state index in [-0.39, 0.29) is 36.0 Å². The summed E-state index contributed by atoms with van der Waals surface area (Å²) >= 11 is 5.90. The summed E-state index contributed by atoms with van der Waals surface area (Å²) in [7, 11) is -5.78. The van der Waals surface area contributed by atoms with Crippen LogP contribution in [0.15, 0.2) is 46.5 Å². The summed E-state index contributed by atoms with van der Waals surface area (Å²) < 4.78 is 55.1. The highest BCUT2D eigenvalue weighted by molar-refractivity contribution is 7.89. The van der Waals surface area contributed by atoms with Crippen molar-refractivity contribution in [1.82, 2.24) is 18.4 Å². The number of benzene rings is 1. The van der Waals surface area contributed by atoms with Crippen LogP contribution in [0.25, 0.3) is 0 Å². The Morgan fingerprint density at radius 3 is 2.12 bits per heavy atom. The van der Waals surface area contributed by atoms with Gasteiger partial charge < -0.3 is 0 Å². The molecule has 0 N–H and O–H groups in total. The van der Waals surface area contributed by atoms with Crippen LogP contribution < -0.4 is 0 Å². The van der Waals surface area contributed by atoms with Gasteiger partial charge in [-0.25, -0.2) is 16.8 Å². The molecule has 26 heavy (non-hydrogen) atoms. The molecule has 1 aliphatic rings. The van der Waals surface area contributed by atoms with Gasteiger partial charge in [-0.15, -0.1) is 0 Å².